The molecule has 7 aliphatic heterocycles. The smallest absolute Gasteiger partial charge is 0.254 e. The van der Waals surface area contributed by atoms with Gasteiger partial charge < -0.3 is 25.3 Å². The molecule has 0 spiro atoms. The first-order valence-corrected chi connectivity index (χ1v) is 18.7. The van der Waals surface area contributed by atoms with Gasteiger partial charge in [0.05, 0.1) is 6.04 Å². The maximum Gasteiger partial charge on any atom is 0.254 e. The van der Waals surface area contributed by atoms with E-state index in [1.54, 1.807) is 17.0 Å². The van der Waals surface area contributed by atoms with Gasteiger partial charge in [-0.15, -0.1) is 0 Å². The summed E-state index contributed by atoms with van der Waals surface area (Å²) >= 11 is 0. The molecule has 7 heterocycles. The number of hydrogen-bond donors (Lipinski definition) is 2. The third-order valence-corrected chi connectivity index (χ3v) is 12.5. The summed E-state index contributed by atoms with van der Waals surface area (Å²) in [4.78, 5) is 66.3. The third kappa shape index (κ3) is 7.28. The molecule has 1 aromatic rings. The van der Waals surface area contributed by atoms with E-state index in [-0.39, 0.29) is 41.8 Å². The Hall–Kier alpha value is -3.02. The van der Waals surface area contributed by atoms with Crippen molar-refractivity contribution in [1.29, 1.82) is 0 Å². The summed E-state index contributed by atoms with van der Waals surface area (Å²) in [6.07, 6.45) is 8.75. The van der Waals surface area contributed by atoms with Crippen LogP contribution >= 0.6 is 0 Å². The van der Waals surface area contributed by atoms with Crippen molar-refractivity contribution in [2.45, 2.75) is 94.4 Å². The van der Waals surface area contributed by atoms with Crippen LogP contribution < -0.4 is 10.6 Å². The van der Waals surface area contributed by atoms with Crippen LogP contribution in [0.4, 0.5) is 0 Å². The number of rotatable bonds is 2. The van der Waals surface area contributed by atoms with Crippen LogP contribution in [0.3, 0.4) is 0 Å². The number of amides is 4. The molecule has 0 saturated carbocycles. The Balaban J connectivity index is 1.11. The standard InChI is InChI=1S/C37H55N7O4/c1-40-17-11-30(12-18-40)42-19-10-27-22-34(45)41-20-13-31(14-21-41)43-16-5-8-32(43)36(47)39-29-23-33(35(46)38-15-9-28(27)24-42)44(25-29)37(48)26-6-3-2-4-7-26/h2-4,6-7,27-33H,5,8-25H2,1H3,(H,38,46)(H,39,47)/t27-,28-,29+,32-,33+/m0/s1. The molecule has 0 radical (unpaired) electrons. The van der Waals surface area contributed by atoms with Crippen molar-refractivity contribution in [3.05, 3.63) is 35.9 Å². The molecule has 7 aliphatic rings. The molecule has 5 atom stereocenters. The molecule has 7 fully saturated rings. The number of benzene rings is 1. The Morgan fingerprint density at radius 1 is 0.750 bits per heavy atom. The molecule has 48 heavy (non-hydrogen) atoms. The van der Waals surface area contributed by atoms with Gasteiger partial charge in [-0.3, -0.25) is 29.0 Å². The SMILES string of the molecule is CN1CCC(N2CC[C@H]3CC(=O)N4CCC(CC4)N4CCC[C@H]4C(=O)N[C@@H]4C[C@H](C(=O)NCC[C@H]3C2)N(C(=O)c2ccccc2)C4)CC1. The van der Waals surface area contributed by atoms with E-state index < -0.39 is 6.04 Å². The van der Waals surface area contributed by atoms with Crippen molar-refractivity contribution in [2.75, 3.05) is 66.0 Å². The number of hydrogen-bond acceptors (Lipinski definition) is 7. The lowest BCUT2D eigenvalue weighted by atomic mass is 9.79. The average Bonchev–Trinajstić information content (AvgIpc) is 3.77. The number of piperidine rings is 3. The molecule has 262 valence electrons. The van der Waals surface area contributed by atoms with Gasteiger partial charge in [-0.2, -0.15) is 0 Å². The van der Waals surface area contributed by atoms with Crippen LogP contribution in [-0.4, -0.2) is 144 Å². The van der Waals surface area contributed by atoms with Gasteiger partial charge in [-0.05, 0) is 115 Å². The number of nitrogens with zero attached hydrogens (tertiary/aromatic N) is 5. The van der Waals surface area contributed by atoms with Crippen molar-refractivity contribution in [3.8, 4) is 0 Å². The number of likely N-dealkylation sites (tertiary alicyclic amines) is 3. The highest BCUT2D eigenvalue weighted by atomic mass is 16.2. The third-order valence-electron chi connectivity index (χ3n) is 12.5. The minimum atomic E-state index is -0.646. The second-order valence-corrected chi connectivity index (χ2v) is 15.4. The molecule has 4 amide bonds. The molecular formula is C37H55N7O4. The Kier molecular flexibility index (Phi) is 10.4. The molecule has 7 saturated heterocycles. The zero-order valence-electron chi connectivity index (χ0n) is 28.7. The van der Waals surface area contributed by atoms with Gasteiger partial charge in [0.25, 0.3) is 5.91 Å². The zero-order chi connectivity index (χ0) is 33.2. The lowest BCUT2D eigenvalue weighted by molar-refractivity contribution is -0.136. The Morgan fingerprint density at radius 3 is 2.27 bits per heavy atom. The first-order chi connectivity index (χ1) is 23.3. The molecular weight excluding hydrogens is 606 g/mol. The van der Waals surface area contributed by atoms with Crippen LogP contribution in [0.2, 0.25) is 0 Å². The molecule has 4 bridgehead atoms. The minimum absolute atomic E-state index is 0.000306. The molecule has 11 nitrogen and oxygen atoms in total. The van der Waals surface area contributed by atoms with Crippen molar-refractivity contribution in [3.63, 3.8) is 0 Å². The summed E-state index contributed by atoms with van der Waals surface area (Å²) < 4.78 is 0. The van der Waals surface area contributed by atoms with Crippen LogP contribution in [0.25, 0.3) is 0 Å². The lowest BCUT2D eigenvalue weighted by Gasteiger charge is -2.45. The maximum absolute atomic E-state index is 13.9. The molecule has 1 aromatic carbocycles. The zero-order valence-corrected chi connectivity index (χ0v) is 28.7. The summed E-state index contributed by atoms with van der Waals surface area (Å²) in [7, 11) is 2.20. The molecule has 0 unspecified atom stereocenters. The first kappa shape index (κ1) is 33.5. The van der Waals surface area contributed by atoms with Crippen molar-refractivity contribution in [1.82, 2.24) is 35.1 Å². The van der Waals surface area contributed by atoms with Crippen LogP contribution in [0.5, 0.6) is 0 Å². The highest BCUT2D eigenvalue weighted by Gasteiger charge is 2.44. The highest BCUT2D eigenvalue weighted by molar-refractivity contribution is 5.98. The van der Waals surface area contributed by atoms with Crippen LogP contribution in [0.15, 0.2) is 30.3 Å². The molecule has 8 rings (SSSR count). The van der Waals surface area contributed by atoms with Gasteiger partial charge in [0.1, 0.15) is 6.04 Å². The van der Waals surface area contributed by atoms with E-state index in [1.807, 2.05) is 18.2 Å². The fourth-order valence-corrected chi connectivity index (χ4v) is 9.66. The fourth-order valence-electron chi connectivity index (χ4n) is 9.66. The summed E-state index contributed by atoms with van der Waals surface area (Å²) in [5.74, 6) is 0.556. The first-order valence-electron chi connectivity index (χ1n) is 18.7. The maximum atomic E-state index is 13.9. The predicted molar refractivity (Wildman–Crippen MR) is 183 cm³/mol. The summed E-state index contributed by atoms with van der Waals surface area (Å²) in [6.45, 7) is 7.49. The second-order valence-electron chi connectivity index (χ2n) is 15.4. The van der Waals surface area contributed by atoms with E-state index in [2.05, 4.69) is 37.3 Å². The van der Waals surface area contributed by atoms with Gasteiger partial charge in [0, 0.05) is 62.8 Å². The largest absolute Gasteiger partial charge is 0.354 e. The van der Waals surface area contributed by atoms with Gasteiger partial charge in [0.15, 0.2) is 0 Å². The van der Waals surface area contributed by atoms with Crippen molar-refractivity contribution in [2.24, 2.45) is 11.8 Å². The lowest BCUT2D eigenvalue weighted by Crippen LogP contribution is -2.54. The summed E-state index contributed by atoms with van der Waals surface area (Å²) in [5.41, 5.74) is 0.550. The summed E-state index contributed by atoms with van der Waals surface area (Å²) in [5, 5.41) is 6.47. The van der Waals surface area contributed by atoms with E-state index >= 15 is 0 Å². The van der Waals surface area contributed by atoms with Crippen LogP contribution in [0, 0.1) is 11.8 Å². The summed E-state index contributed by atoms with van der Waals surface area (Å²) in [6, 6.07) is 8.87. The Labute approximate surface area is 285 Å². The fraction of sp³-hybridized carbons (Fsp3) is 0.730. The van der Waals surface area contributed by atoms with E-state index in [9.17, 15) is 19.2 Å². The molecule has 0 aromatic heterocycles. The quantitative estimate of drug-likeness (QED) is 0.498. The van der Waals surface area contributed by atoms with Gasteiger partial charge in [0.2, 0.25) is 17.7 Å². The Morgan fingerprint density at radius 2 is 1.50 bits per heavy atom. The van der Waals surface area contributed by atoms with Crippen molar-refractivity contribution >= 4 is 23.6 Å². The molecule has 11 heteroatoms. The highest BCUT2D eigenvalue weighted by Crippen LogP contribution is 2.34. The van der Waals surface area contributed by atoms with Crippen LogP contribution in [-0.2, 0) is 14.4 Å². The number of fused-ring (bicyclic) bond motifs is 7. The van der Waals surface area contributed by atoms with E-state index in [4.69, 9.17) is 0 Å². The monoisotopic (exact) mass is 661 g/mol. The van der Waals surface area contributed by atoms with E-state index in [0.29, 0.717) is 49.4 Å². The number of carbonyl (C=O) groups excluding carboxylic acids is 4. The van der Waals surface area contributed by atoms with Crippen molar-refractivity contribution < 1.29 is 19.2 Å². The topological polar surface area (TPSA) is 109 Å². The van der Waals surface area contributed by atoms with Gasteiger partial charge in [-0.25, -0.2) is 0 Å². The Bertz CT molecular complexity index is 1310. The minimum Gasteiger partial charge on any atom is -0.354 e. The second kappa shape index (κ2) is 14.8. The predicted octanol–water partition coefficient (Wildman–Crippen LogP) is 1.78. The average molecular weight is 662 g/mol. The molecule has 0 aliphatic carbocycles. The van der Waals surface area contributed by atoms with E-state index in [1.165, 1.54) is 12.8 Å². The van der Waals surface area contributed by atoms with Gasteiger partial charge >= 0.3 is 0 Å². The van der Waals surface area contributed by atoms with Gasteiger partial charge in [-0.1, -0.05) is 18.2 Å². The number of carbonyl (C=O) groups is 4. The number of nitrogens with one attached hydrogen (secondary N) is 2. The normalized spacial score (nSPS) is 33.7. The van der Waals surface area contributed by atoms with Crippen LogP contribution in [0.1, 0.15) is 74.6 Å². The molecule has 2 N–H and O–H groups in total. The van der Waals surface area contributed by atoms with E-state index in [0.717, 1.165) is 84.3 Å².